The third-order valence-corrected chi connectivity index (χ3v) is 1.51. The van der Waals surface area contributed by atoms with Gasteiger partial charge in [-0.05, 0) is 6.54 Å². The Bertz CT molecular complexity index is 81.7. The molecule has 1 fully saturated rings. The normalized spacial score (nSPS) is 26.7. The summed E-state index contributed by atoms with van der Waals surface area (Å²) in [4.78, 5) is 0. The smallest absolute Gasteiger partial charge is 0.0933 e. The zero-order valence-electron chi connectivity index (χ0n) is 6.43. The van der Waals surface area contributed by atoms with E-state index in [4.69, 9.17) is 9.47 Å². The second-order valence-corrected chi connectivity index (χ2v) is 2.38. The molecule has 1 aliphatic heterocycles. The van der Waals surface area contributed by atoms with Crippen molar-refractivity contribution in [2.75, 3.05) is 32.9 Å². The third kappa shape index (κ3) is 2.64. The van der Waals surface area contributed by atoms with Crippen molar-refractivity contribution >= 4 is 0 Å². The molecule has 0 aromatic carbocycles. The molecule has 3 nitrogen and oxygen atoms in total. The van der Waals surface area contributed by atoms with E-state index in [2.05, 4.69) is 12.2 Å². The predicted molar refractivity (Wildman–Crippen MR) is 39.1 cm³/mol. The molecule has 0 bridgehead atoms. The van der Waals surface area contributed by atoms with Crippen LogP contribution in [0.15, 0.2) is 0 Å². The van der Waals surface area contributed by atoms with Crippen molar-refractivity contribution in [3.8, 4) is 0 Å². The molecule has 60 valence electrons. The zero-order chi connectivity index (χ0) is 7.23. The van der Waals surface area contributed by atoms with E-state index < -0.39 is 0 Å². The standard InChI is InChI=1S/C7H15NO2/c1-2-8-5-7-6-9-3-4-10-7/h7-8H,2-6H2,1H3. The summed E-state index contributed by atoms with van der Waals surface area (Å²) < 4.78 is 10.6. The van der Waals surface area contributed by atoms with Crippen LogP contribution in [0.4, 0.5) is 0 Å². The lowest BCUT2D eigenvalue weighted by atomic mass is 10.3. The number of rotatable bonds is 3. The largest absolute Gasteiger partial charge is 0.376 e. The van der Waals surface area contributed by atoms with E-state index in [0.29, 0.717) is 0 Å². The summed E-state index contributed by atoms with van der Waals surface area (Å²) in [6, 6.07) is 0. The lowest BCUT2D eigenvalue weighted by molar-refractivity contribution is -0.0861. The van der Waals surface area contributed by atoms with Crippen LogP contribution in [0.2, 0.25) is 0 Å². The maximum absolute atomic E-state index is 5.39. The molecule has 3 heteroatoms. The van der Waals surface area contributed by atoms with E-state index in [0.717, 1.165) is 32.9 Å². The minimum atomic E-state index is 0.272. The number of likely N-dealkylation sites (N-methyl/N-ethyl adjacent to an activating group) is 1. The van der Waals surface area contributed by atoms with E-state index in [-0.39, 0.29) is 6.10 Å². The molecule has 10 heavy (non-hydrogen) atoms. The van der Waals surface area contributed by atoms with Gasteiger partial charge in [0.05, 0.1) is 25.9 Å². The fourth-order valence-corrected chi connectivity index (χ4v) is 0.960. The fourth-order valence-electron chi connectivity index (χ4n) is 0.960. The molecule has 1 unspecified atom stereocenters. The Kier molecular flexibility index (Phi) is 3.72. The van der Waals surface area contributed by atoms with Crippen molar-refractivity contribution in [2.45, 2.75) is 13.0 Å². The van der Waals surface area contributed by atoms with Crippen LogP contribution in [-0.4, -0.2) is 39.0 Å². The van der Waals surface area contributed by atoms with Gasteiger partial charge < -0.3 is 14.8 Å². The van der Waals surface area contributed by atoms with Crippen LogP contribution in [0.3, 0.4) is 0 Å². The highest BCUT2D eigenvalue weighted by Gasteiger charge is 2.12. The molecule has 0 radical (unpaired) electrons. The van der Waals surface area contributed by atoms with Gasteiger partial charge in [0.1, 0.15) is 0 Å². The second kappa shape index (κ2) is 4.66. The van der Waals surface area contributed by atoms with Crippen LogP contribution in [0.5, 0.6) is 0 Å². The number of nitrogens with one attached hydrogen (secondary N) is 1. The minimum Gasteiger partial charge on any atom is -0.376 e. The van der Waals surface area contributed by atoms with Gasteiger partial charge >= 0.3 is 0 Å². The molecule has 1 N–H and O–H groups in total. The lowest BCUT2D eigenvalue weighted by Gasteiger charge is -2.22. The van der Waals surface area contributed by atoms with Gasteiger partial charge in [0.2, 0.25) is 0 Å². The first-order chi connectivity index (χ1) is 4.93. The Hall–Kier alpha value is -0.120. The van der Waals surface area contributed by atoms with Gasteiger partial charge in [-0.25, -0.2) is 0 Å². The summed E-state index contributed by atoms with van der Waals surface area (Å²) in [5.41, 5.74) is 0. The van der Waals surface area contributed by atoms with E-state index in [1.165, 1.54) is 0 Å². The second-order valence-electron chi connectivity index (χ2n) is 2.38. The van der Waals surface area contributed by atoms with E-state index >= 15 is 0 Å². The molecule has 1 aliphatic rings. The van der Waals surface area contributed by atoms with Crippen LogP contribution in [0, 0.1) is 0 Å². The average molecular weight is 145 g/mol. The summed E-state index contributed by atoms with van der Waals surface area (Å²) in [6.45, 7) is 6.24. The molecule has 0 saturated carbocycles. The van der Waals surface area contributed by atoms with Crippen LogP contribution in [0.1, 0.15) is 6.92 Å². The molecular formula is C7H15NO2. The maximum atomic E-state index is 5.39. The van der Waals surface area contributed by atoms with Gasteiger partial charge in [-0.1, -0.05) is 6.92 Å². The third-order valence-electron chi connectivity index (χ3n) is 1.51. The van der Waals surface area contributed by atoms with Crippen molar-refractivity contribution in [1.82, 2.24) is 5.32 Å². The van der Waals surface area contributed by atoms with Crippen molar-refractivity contribution in [2.24, 2.45) is 0 Å². The van der Waals surface area contributed by atoms with E-state index in [1.807, 2.05) is 0 Å². The minimum absolute atomic E-state index is 0.272. The maximum Gasteiger partial charge on any atom is 0.0933 e. The predicted octanol–water partition coefficient (Wildman–Crippen LogP) is 0.0113. The van der Waals surface area contributed by atoms with Crippen LogP contribution in [-0.2, 0) is 9.47 Å². The number of hydrogen-bond donors (Lipinski definition) is 1. The monoisotopic (exact) mass is 145 g/mol. The number of ether oxygens (including phenoxy) is 2. The zero-order valence-corrected chi connectivity index (χ0v) is 6.43. The Morgan fingerprint density at radius 2 is 2.40 bits per heavy atom. The topological polar surface area (TPSA) is 30.5 Å². The molecule has 0 amide bonds. The van der Waals surface area contributed by atoms with Gasteiger partial charge in [0.15, 0.2) is 0 Å². The fraction of sp³-hybridized carbons (Fsp3) is 1.00. The van der Waals surface area contributed by atoms with Crippen LogP contribution < -0.4 is 5.32 Å². The van der Waals surface area contributed by atoms with Gasteiger partial charge in [-0.2, -0.15) is 0 Å². The highest BCUT2D eigenvalue weighted by molar-refractivity contribution is 4.62. The van der Waals surface area contributed by atoms with Gasteiger partial charge in [-0.3, -0.25) is 0 Å². The molecular weight excluding hydrogens is 130 g/mol. The average Bonchev–Trinajstić information content (AvgIpc) is 2.03. The molecule has 1 rings (SSSR count). The first kappa shape index (κ1) is 7.98. The van der Waals surface area contributed by atoms with Crippen molar-refractivity contribution in [1.29, 1.82) is 0 Å². The van der Waals surface area contributed by atoms with Crippen molar-refractivity contribution < 1.29 is 9.47 Å². The molecule has 1 atom stereocenters. The summed E-state index contributed by atoms with van der Waals surface area (Å²) in [6.07, 6.45) is 0.272. The van der Waals surface area contributed by atoms with Gasteiger partial charge in [0, 0.05) is 6.54 Å². The molecule has 1 saturated heterocycles. The van der Waals surface area contributed by atoms with Gasteiger partial charge in [0.25, 0.3) is 0 Å². The Balaban J connectivity index is 2.02. The quantitative estimate of drug-likeness (QED) is 0.607. The summed E-state index contributed by atoms with van der Waals surface area (Å²) in [5, 5.41) is 3.21. The van der Waals surface area contributed by atoms with Crippen LogP contribution in [0.25, 0.3) is 0 Å². The summed E-state index contributed by atoms with van der Waals surface area (Å²) in [7, 11) is 0. The number of hydrogen-bond acceptors (Lipinski definition) is 3. The van der Waals surface area contributed by atoms with Crippen molar-refractivity contribution in [3.63, 3.8) is 0 Å². The molecule has 0 spiro atoms. The summed E-state index contributed by atoms with van der Waals surface area (Å²) in [5.74, 6) is 0. The Morgan fingerprint density at radius 1 is 1.50 bits per heavy atom. The first-order valence-electron chi connectivity index (χ1n) is 3.83. The lowest BCUT2D eigenvalue weighted by Crippen LogP contribution is -2.37. The molecule has 0 aliphatic carbocycles. The van der Waals surface area contributed by atoms with E-state index in [9.17, 15) is 0 Å². The summed E-state index contributed by atoms with van der Waals surface area (Å²) >= 11 is 0. The van der Waals surface area contributed by atoms with E-state index in [1.54, 1.807) is 0 Å². The van der Waals surface area contributed by atoms with Crippen LogP contribution >= 0.6 is 0 Å². The SMILES string of the molecule is CCNCC1COCCO1. The highest BCUT2D eigenvalue weighted by Crippen LogP contribution is 1.98. The highest BCUT2D eigenvalue weighted by atomic mass is 16.6. The molecule has 0 aromatic rings. The molecule has 0 aromatic heterocycles. The molecule has 1 heterocycles. The van der Waals surface area contributed by atoms with Crippen molar-refractivity contribution in [3.05, 3.63) is 0 Å². The Labute approximate surface area is 61.7 Å². The first-order valence-corrected chi connectivity index (χ1v) is 3.83. The van der Waals surface area contributed by atoms with Gasteiger partial charge in [-0.15, -0.1) is 0 Å². The Morgan fingerprint density at radius 3 is 3.00 bits per heavy atom.